The fraction of sp³-hybridized carbons (Fsp3) is 0.600. The van der Waals surface area contributed by atoms with Gasteiger partial charge in [-0.1, -0.05) is 0 Å². The quantitative estimate of drug-likeness (QED) is 0.750. The molecule has 5 nitrogen and oxygen atoms in total. The molecule has 1 heterocycles. The van der Waals surface area contributed by atoms with Crippen LogP contribution >= 0.6 is 11.8 Å². The van der Waals surface area contributed by atoms with Crippen LogP contribution in [0.4, 0.5) is 18.9 Å². The average Bonchev–Trinajstić information content (AvgIpc) is 3.32. The maximum atomic E-state index is 12.8. The molecule has 1 saturated heterocycles. The number of anilines is 1. The van der Waals surface area contributed by atoms with Gasteiger partial charge < -0.3 is 10.2 Å². The van der Waals surface area contributed by atoms with Crippen molar-refractivity contribution in [3.05, 3.63) is 18.2 Å². The Balaban J connectivity index is 1.75. The standard InChI is InChI=1S/C15H20F3N3O2S2/c16-15(17,18)24-14-9-12(25(19,22)23)3-4-13(14)20-10-5-7-21(8-6-10)11-1-2-11/h3-4,9-11,20H,1-2,5-8H2,(H2,19,22,23). The number of thioether (sulfide) groups is 1. The molecule has 0 spiro atoms. The minimum Gasteiger partial charge on any atom is -0.381 e. The molecule has 3 rings (SSSR count). The Morgan fingerprint density at radius 1 is 1.16 bits per heavy atom. The summed E-state index contributed by atoms with van der Waals surface area (Å²) < 4.78 is 61.3. The number of sulfonamides is 1. The number of piperidine rings is 1. The summed E-state index contributed by atoms with van der Waals surface area (Å²) in [5, 5.41) is 8.18. The molecule has 140 valence electrons. The first-order valence-corrected chi connectivity index (χ1v) is 10.4. The summed E-state index contributed by atoms with van der Waals surface area (Å²) in [5.74, 6) is 0. The van der Waals surface area contributed by atoms with E-state index in [0.717, 1.165) is 32.0 Å². The van der Waals surface area contributed by atoms with Crippen molar-refractivity contribution in [1.82, 2.24) is 4.90 Å². The summed E-state index contributed by atoms with van der Waals surface area (Å²) in [6.07, 6.45) is 4.17. The number of primary sulfonamides is 1. The fourth-order valence-corrected chi connectivity index (χ4v) is 4.36. The molecule has 1 aliphatic heterocycles. The monoisotopic (exact) mass is 395 g/mol. The summed E-state index contributed by atoms with van der Waals surface area (Å²) in [5.41, 5.74) is -4.22. The molecule has 0 aromatic heterocycles. The molecule has 25 heavy (non-hydrogen) atoms. The summed E-state index contributed by atoms with van der Waals surface area (Å²) >= 11 is -0.331. The van der Waals surface area contributed by atoms with E-state index in [-0.39, 0.29) is 27.6 Å². The number of rotatable bonds is 5. The van der Waals surface area contributed by atoms with E-state index in [1.165, 1.54) is 25.0 Å². The van der Waals surface area contributed by atoms with Crippen LogP contribution in [-0.4, -0.2) is 44.0 Å². The second-order valence-corrected chi connectivity index (χ2v) is 9.10. The van der Waals surface area contributed by atoms with Crippen molar-refractivity contribution in [2.45, 2.75) is 53.1 Å². The number of benzene rings is 1. The summed E-state index contributed by atoms with van der Waals surface area (Å²) in [6.45, 7) is 1.86. The lowest BCUT2D eigenvalue weighted by atomic mass is 10.0. The van der Waals surface area contributed by atoms with Crippen molar-refractivity contribution in [3.8, 4) is 0 Å². The minimum absolute atomic E-state index is 0.0721. The normalized spacial score (nSPS) is 20.6. The first-order chi connectivity index (χ1) is 11.6. The van der Waals surface area contributed by atoms with E-state index in [0.29, 0.717) is 11.7 Å². The van der Waals surface area contributed by atoms with Crippen LogP contribution in [0.2, 0.25) is 0 Å². The minimum atomic E-state index is -4.51. The van der Waals surface area contributed by atoms with Gasteiger partial charge in [-0.15, -0.1) is 0 Å². The molecule has 1 aromatic rings. The Kier molecular flexibility index (Phi) is 5.25. The van der Waals surface area contributed by atoms with Crippen molar-refractivity contribution >= 4 is 27.5 Å². The highest BCUT2D eigenvalue weighted by Gasteiger charge is 2.33. The van der Waals surface area contributed by atoms with Gasteiger partial charge in [0.15, 0.2) is 0 Å². The second-order valence-electron chi connectivity index (χ2n) is 6.44. The highest BCUT2D eigenvalue weighted by atomic mass is 32.2. The molecule has 2 aliphatic rings. The first-order valence-electron chi connectivity index (χ1n) is 8.05. The molecule has 1 aliphatic carbocycles. The Morgan fingerprint density at radius 3 is 2.32 bits per heavy atom. The highest BCUT2D eigenvalue weighted by Crippen LogP contribution is 2.42. The third kappa shape index (κ3) is 5.25. The van der Waals surface area contributed by atoms with Crippen molar-refractivity contribution in [2.75, 3.05) is 18.4 Å². The van der Waals surface area contributed by atoms with E-state index in [2.05, 4.69) is 10.2 Å². The molecule has 0 amide bonds. The van der Waals surface area contributed by atoms with E-state index in [1.54, 1.807) is 0 Å². The molecule has 0 bridgehead atoms. The number of nitrogens with one attached hydrogen (secondary N) is 1. The van der Waals surface area contributed by atoms with Crippen molar-refractivity contribution in [3.63, 3.8) is 0 Å². The Labute approximate surface area is 149 Å². The van der Waals surface area contributed by atoms with Crippen LogP contribution in [0.3, 0.4) is 0 Å². The lowest BCUT2D eigenvalue weighted by Crippen LogP contribution is -2.40. The van der Waals surface area contributed by atoms with Crippen molar-refractivity contribution in [2.24, 2.45) is 5.14 Å². The Morgan fingerprint density at radius 2 is 1.80 bits per heavy atom. The smallest absolute Gasteiger partial charge is 0.381 e. The number of nitrogens with zero attached hydrogens (tertiary/aromatic N) is 1. The molecule has 0 atom stereocenters. The van der Waals surface area contributed by atoms with Crippen LogP contribution in [-0.2, 0) is 10.0 Å². The van der Waals surface area contributed by atoms with Crippen LogP contribution < -0.4 is 10.5 Å². The van der Waals surface area contributed by atoms with Gasteiger partial charge in [-0.2, -0.15) is 13.2 Å². The van der Waals surface area contributed by atoms with Gasteiger partial charge in [0.1, 0.15) is 0 Å². The van der Waals surface area contributed by atoms with Gasteiger partial charge >= 0.3 is 5.51 Å². The van der Waals surface area contributed by atoms with Gasteiger partial charge in [0, 0.05) is 35.8 Å². The number of likely N-dealkylation sites (tertiary alicyclic amines) is 1. The molecule has 0 radical (unpaired) electrons. The Bertz CT molecular complexity index is 728. The van der Waals surface area contributed by atoms with E-state index in [9.17, 15) is 21.6 Å². The lowest BCUT2D eigenvalue weighted by molar-refractivity contribution is -0.0328. The maximum Gasteiger partial charge on any atom is 0.446 e. The van der Waals surface area contributed by atoms with Crippen LogP contribution in [0.25, 0.3) is 0 Å². The molecule has 1 aromatic carbocycles. The average molecular weight is 395 g/mol. The van der Waals surface area contributed by atoms with E-state index in [1.807, 2.05) is 0 Å². The van der Waals surface area contributed by atoms with E-state index in [4.69, 9.17) is 5.14 Å². The maximum absolute atomic E-state index is 12.8. The Hall–Kier alpha value is -0.970. The topological polar surface area (TPSA) is 75.4 Å². The molecule has 1 saturated carbocycles. The van der Waals surface area contributed by atoms with Gasteiger partial charge in [-0.25, -0.2) is 13.6 Å². The third-order valence-electron chi connectivity index (χ3n) is 4.46. The van der Waals surface area contributed by atoms with Gasteiger partial charge in [0.2, 0.25) is 10.0 Å². The predicted octanol–water partition coefficient (Wildman–Crippen LogP) is 2.98. The molecule has 0 unspecified atom stereocenters. The molecular weight excluding hydrogens is 375 g/mol. The second kappa shape index (κ2) is 6.98. The van der Waals surface area contributed by atoms with Crippen LogP contribution in [0.1, 0.15) is 25.7 Å². The van der Waals surface area contributed by atoms with Crippen molar-refractivity contribution < 1.29 is 21.6 Å². The van der Waals surface area contributed by atoms with Gasteiger partial charge in [0.05, 0.1) is 4.90 Å². The van der Waals surface area contributed by atoms with Gasteiger partial charge in [0.25, 0.3) is 0 Å². The van der Waals surface area contributed by atoms with Gasteiger partial charge in [-0.3, -0.25) is 0 Å². The lowest BCUT2D eigenvalue weighted by Gasteiger charge is -2.33. The number of alkyl halides is 3. The zero-order valence-corrected chi connectivity index (χ0v) is 15.1. The number of halogens is 3. The number of nitrogens with two attached hydrogens (primary N) is 1. The van der Waals surface area contributed by atoms with E-state index < -0.39 is 15.5 Å². The number of hydrogen-bond acceptors (Lipinski definition) is 5. The summed E-state index contributed by atoms with van der Waals surface area (Å²) in [7, 11) is -4.06. The fourth-order valence-electron chi connectivity index (χ4n) is 3.08. The first kappa shape index (κ1) is 18.8. The summed E-state index contributed by atoms with van der Waals surface area (Å²) in [4.78, 5) is 1.92. The molecular formula is C15H20F3N3O2S2. The summed E-state index contributed by atoms with van der Waals surface area (Å²) in [6, 6.07) is 4.34. The zero-order valence-electron chi connectivity index (χ0n) is 13.4. The van der Waals surface area contributed by atoms with Crippen LogP contribution in [0.15, 0.2) is 28.0 Å². The predicted molar refractivity (Wildman–Crippen MR) is 91.0 cm³/mol. The van der Waals surface area contributed by atoms with Crippen LogP contribution in [0.5, 0.6) is 0 Å². The van der Waals surface area contributed by atoms with Crippen molar-refractivity contribution in [1.29, 1.82) is 0 Å². The van der Waals surface area contributed by atoms with Crippen LogP contribution in [0, 0.1) is 0 Å². The largest absolute Gasteiger partial charge is 0.446 e. The third-order valence-corrected chi connectivity index (χ3v) is 6.16. The number of hydrogen-bond donors (Lipinski definition) is 2. The molecule has 10 heteroatoms. The zero-order chi connectivity index (χ0) is 18.2. The van der Waals surface area contributed by atoms with E-state index >= 15 is 0 Å². The van der Waals surface area contributed by atoms with Gasteiger partial charge in [-0.05, 0) is 55.6 Å². The SMILES string of the molecule is NS(=O)(=O)c1ccc(NC2CCN(C3CC3)CC2)c(SC(F)(F)F)c1. The molecule has 3 N–H and O–H groups in total. The highest BCUT2D eigenvalue weighted by molar-refractivity contribution is 8.00. The molecule has 2 fully saturated rings.